The van der Waals surface area contributed by atoms with Crippen molar-refractivity contribution in [1.29, 1.82) is 0 Å². The van der Waals surface area contributed by atoms with E-state index in [1.54, 1.807) is 12.3 Å². The fourth-order valence-electron chi connectivity index (χ4n) is 2.84. The third-order valence-corrected chi connectivity index (χ3v) is 3.72. The molecule has 4 nitrogen and oxygen atoms in total. The van der Waals surface area contributed by atoms with Gasteiger partial charge in [0.25, 0.3) is 0 Å². The van der Waals surface area contributed by atoms with Crippen LogP contribution in [0.25, 0.3) is 0 Å². The molecular formula is C13H18N2O2. The SMILES string of the molecule is O=C1CC(CN2CCNCC2)Cc2occc21. The van der Waals surface area contributed by atoms with Gasteiger partial charge in [0.1, 0.15) is 5.76 Å². The monoisotopic (exact) mass is 234 g/mol. The highest BCUT2D eigenvalue weighted by atomic mass is 16.3. The number of nitrogens with zero attached hydrogens (tertiary/aromatic N) is 1. The Bertz CT molecular complexity index is 407. The molecule has 1 aromatic heterocycles. The molecule has 0 saturated carbocycles. The summed E-state index contributed by atoms with van der Waals surface area (Å²) in [7, 11) is 0. The summed E-state index contributed by atoms with van der Waals surface area (Å²) in [4.78, 5) is 14.4. The van der Waals surface area contributed by atoms with Gasteiger partial charge in [-0.1, -0.05) is 0 Å². The summed E-state index contributed by atoms with van der Waals surface area (Å²) in [5.74, 6) is 1.57. The topological polar surface area (TPSA) is 45.5 Å². The molecule has 0 aromatic carbocycles. The molecule has 2 aliphatic rings. The zero-order valence-corrected chi connectivity index (χ0v) is 9.95. The predicted octanol–water partition coefficient (Wildman–Crippen LogP) is 0.930. The molecule has 0 spiro atoms. The molecule has 3 rings (SSSR count). The summed E-state index contributed by atoms with van der Waals surface area (Å²) in [5.41, 5.74) is 0.807. The standard InChI is InChI=1S/C13H18N2O2/c16-12-7-10(8-13-11(12)1-6-17-13)9-15-4-2-14-3-5-15/h1,6,10,14H,2-5,7-9H2. The molecule has 1 aliphatic heterocycles. The number of fused-ring (bicyclic) bond motifs is 1. The van der Waals surface area contributed by atoms with Crippen LogP contribution in [-0.2, 0) is 6.42 Å². The molecule has 0 radical (unpaired) electrons. The van der Waals surface area contributed by atoms with Gasteiger partial charge in [0.05, 0.1) is 11.8 Å². The third kappa shape index (κ3) is 2.28. The number of furan rings is 1. The van der Waals surface area contributed by atoms with Crippen molar-refractivity contribution in [2.45, 2.75) is 12.8 Å². The average molecular weight is 234 g/mol. The zero-order valence-electron chi connectivity index (χ0n) is 9.95. The first-order valence-electron chi connectivity index (χ1n) is 6.35. The van der Waals surface area contributed by atoms with E-state index in [1.807, 2.05) is 0 Å². The molecular weight excluding hydrogens is 216 g/mol. The van der Waals surface area contributed by atoms with Crippen LogP contribution in [-0.4, -0.2) is 43.4 Å². The van der Waals surface area contributed by atoms with Gasteiger partial charge < -0.3 is 14.6 Å². The molecule has 0 amide bonds. The number of ketones is 1. The van der Waals surface area contributed by atoms with Crippen molar-refractivity contribution < 1.29 is 9.21 Å². The fourth-order valence-corrected chi connectivity index (χ4v) is 2.84. The van der Waals surface area contributed by atoms with Crippen LogP contribution >= 0.6 is 0 Å². The molecule has 0 bridgehead atoms. The van der Waals surface area contributed by atoms with Crippen molar-refractivity contribution in [3.8, 4) is 0 Å². The van der Waals surface area contributed by atoms with E-state index >= 15 is 0 Å². The largest absolute Gasteiger partial charge is 0.469 e. The second kappa shape index (κ2) is 4.63. The lowest BCUT2D eigenvalue weighted by Crippen LogP contribution is -2.46. The number of hydrogen-bond donors (Lipinski definition) is 1. The van der Waals surface area contributed by atoms with E-state index in [9.17, 15) is 4.79 Å². The Morgan fingerprint density at radius 2 is 2.18 bits per heavy atom. The van der Waals surface area contributed by atoms with Crippen molar-refractivity contribution in [2.24, 2.45) is 5.92 Å². The maximum absolute atomic E-state index is 11.9. The van der Waals surface area contributed by atoms with Crippen LogP contribution in [0.1, 0.15) is 22.5 Å². The van der Waals surface area contributed by atoms with E-state index in [1.165, 1.54) is 0 Å². The van der Waals surface area contributed by atoms with Crippen LogP contribution in [0, 0.1) is 5.92 Å². The van der Waals surface area contributed by atoms with Crippen molar-refractivity contribution in [1.82, 2.24) is 10.2 Å². The summed E-state index contributed by atoms with van der Waals surface area (Å²) in [6.07, 6.45) is 3.23. The Labute approximate surface area is 101 Å². The first kappa shape index (κ1) is 11.0. The number of piperazine rings is 1. The molecule has 2 heterocycles. The lowest BCUT2D eigenvalue weighted by Gasteiger charge is -2.31. The van der Waals surface area contributed by atoms with Crippen molar-refractivity contribution in [2.75, 3.05) is 32.7 Å². The average Bonchev–Trinajstić information content (AvgIpc) is 2.79. The highest BCUT2D eigenvalue weighted by Gasteiger charge is 2.28. The van der Waals surface area contributed by atoms with E-state index in [-0.39, 0.29) is 5.78 Å². The minimum absolute atomic E-state index is 0.250. The molecule has 4 heteroatoms. The predicted molar refractivity (Wildman–Crippen MR) is 64.2 cm³/mol. The van der Waals surface area contributed by atoms with Crippen LogP contribution in [0.5, 0.6) is 0 Å². The van der Waals surface area contributed by atoms with Gasteiger partial charge in [0.2, 0.25) is 0 Å². The molecule has 92 valence electrons. The number of rotatable bonds is 2. The molecule has 1 atom stereocenters. The smallest absolute Gasteiger partial charge is 0.166 e. The lowest BCUT2D eigenvalue weighted by atomic mass is 9.87. The quantitative estimate of drug-likeness (QED) is 0.827. The summed E-state index contributed by atoms with van der Waals surface area (Å²) in [5, 5.41) is 3.35. The minimum Gasteiger partial charge on any atom is -0.469 e. The summed E-state index contributed by atoms with van der Waals surface area (Å²) in [6.45, 7) is 5.33. The van der Waals surface area contributed by atoms with Crippen molar-refractivity contribution in [3.63, 3.8) is 0 Å². The third-order valence-electron chi connectivity index (χ3n) is 3.72. The maximum atomic E-state index is 11.9. The number of nitrogens with one attached hydrogen (secondary N) is 1. The van der Waals surface area contributed by atoms with E-state index in [4.69, 9.17) is 4.42 Å². The van der Waals surface area contributed by atoms with E-state index < -0.39 is 0 Å². The Balaban J connectivity index is 1.64. The minimum atomic E-state index is 0.250. The van der Waals surface area contributed by atoms with Gasteiger partial charge >= 0.3 is 0 Å². The highest BCUT2D eigenvalue weighted by molar-refractivity contribution is 5.98. The van der Waals surface area contributed by atoms with Gasteiger partial charge in [0, 0.05) is 45.6 Å². The van der Waals surface area contributed by atoms with Gasteiger partial charge in [-0.25, -0.2) is 0 Å². The van der Waals surface area contributed by atoms with E-state index in [2.05, 4.69) is 10.2 Å². The van der Waals surface area contributed by atoms with Crippen LogP contribution in [0.3, 0.4) is 0 Å². The second-order valence-electron chi connectivity index (χ2n) is 5.01. The van der Waals surface area contributed by atoms with Gasteiger partial charge in [-0.15, -0.1) is 0 Å². The van der Waals surface area contributed by atoms with Crippen LogP contribution in [0.2, 0.25) is 0 Å². The molecule has 1 saturated heterocycles. The zero-order chi connectivity index (χ0) is 11.7. The second-order valence-corrected chi connectivity index (χ2v) is 5.01. The Morgan fingerprint density at radius 3 is 3.00 bits per heavy atom. The van der Waals surface area contributed by atoms with Crippen molar-refractivity contribution >= 4 is 5.78 Å². The molecule has 17 heavy (non-hydrogen) atoms. The Hall–Kier alpha value is -1.13. The molecule has 1 unspecified atom stereocenters. The lowest BCUT2D eigenvalue weighted by molar-refractivity contribution is 0.0920. The van der Waals surface area contributed by atoms with Crippen molar-refractivity contribution in [3.05, 3.63) is 23.7 Å². The first-order valence-corrected chi connectivity index (χ1v) is 6.35. The maximum Gasteiger partial charge on any atom is 0.166 e. The first-order chi connectivity index (χ1) is 8.33. The summed E-state index contributed by atoms with van der Waals surface area (Å²) < 4.78 is 5.39. The van der Waals surface area contributed by atoms with Gasteiger partial charge in [-0.05, 0) is 12.0 Å². The number of hydrogen-bond acceptors (Lipinski definition) is 4. The normalized spacial score (nSPS) is 25.9. The highest BCUT2D eigenvalue weighted by Crippen LogP contribution is 2.26. The number of Topliss-reactive ketones (excluding diaryl/α,β-unsaturated/α-hetero) is 1. The number of carbonyl (C=O) groups is 1. The Kier molecular flexibility index (Phi) is 2.99. The van der Waals surface area contributed by atoms with Crippen LogP contribution in [0.15, 0.2) is 16.7 Å². The summed E-state index contributed by atoms with van der Waals surface area (Å²) >= 11 is 0. The Morgan fingerprint density at radius 1 is 1.35 bits per heavy atom. The van der Waals surface area contributed by atoms with Crippen LogP contribution in [0.4, 0.5) is 0 Å². The molecule has 1 aromatic rings. The molecule has 1 fully saturated rings. The van der Waals surface area contributed by atoms with Gasteiger partial charge in [0.15, 0.2) is 5.78 Å². The van der Waals surface area contributed by atoms with Crippen LogP contribution < -0.4 is 5.32 Å². The van der Waals surface area contributed by atoms with E-state index in [0.29, 0.717) is 12.3 Å². The fraction of sp³-hybridized carbons (Fsp3) is 0.615. The molecule has 1 N–H and O–H groups in total. The summed E-state index contributed by atoms with van der Waals surface area (Å²) in [6, 6.07) is 1.80. The van der Waals surface area contributed by atoms with E-state index in [0.717, 1.165) is 50.5 Å². The van der Waals surface area contributed by atoms with Gasteiger partial charge in [-0.3, -0.25) is 4.79 Å². The number of carbonyl (C=O) groups excluding carboxylic acids is 1. The molecule has 1 aliphatic carbocycles. The van der Waals surface area contributed by atoms with Gasteiger partial charge in [-0.2, -0.15) is 0 Å².